The summed E-state index contributed by atoms with van der Waals surface area (Å²) in [7, 11) is 0. The molecule has 0 bridgehead atoms. The van der Waals surface area contributed by atoms with Gasteiger partial charge in [-0.25, -0.2) is 4.39 Å². The van der Waals surface area contributed by atoms with Crippen molar-refractivity contribution < 1.29 is 9.18 Å². The maximum Gasteiger partial charge on any atom is 0.164 e. The summed E-state index contributed by atoms with van der Waals surface area (Å²) < 4.78 is 12.8. The monoisotopic (exact) mass is 212 g/mol. The van der Waals surface area contributed by atoms with Crippen molar-refractivity contribution in [3.63, 3.8) is 0 Å². The molecular weight excluding hydrogens is 203 g/mol. The Balaban J connectivity index is 2.20. The van der Waals surface area contributed by atoms with Gasteiger partial charge in [-0.05, 0) is 37.0 Å². The van der Waals surface area contributed by atoms with Crippen molar-refractivity contribution in [2.75, 3.05) is 0 Å². The largest absolute Gasteiger partial charge is 0.294 e. The van der Waals surface area contributed by atoms with Crippen LogP contribution in [0.3, 0.4) is 0 Å². The molecule has 74 valence electrons. The first-order valence-corrected chi connectivity index (χ1v) is 5.03. The van der Waals surface area contributed by atoms with Gasteiger partial charge in [-0.1, -0.05) is 11.6 Å². The number of Topliss-reactive ketones (excluding diaryl/α,β-unsaturated/α-hetero) is 1. The average molecular weight is 213 g/mol. The number of halogens is 2. The standard InChI is InChI=1S/C11H10ClFO/c12-10-4-3-8(13)6-9(10)11(14)5-7-1-2-7/h3-4,6-7H,1-2,5H2. The highest BCUT2D eigenvalue weighted by atomic mass is 35.5. The van der Waals surface area contributed by atoms with Gasteiger partial charge in [-0.3, -0.25) is 4.79 Å². The summed E-state index contributed by atoms with van der Waals surface area (Å²) in [5.41, 5.74) is 0.318. The van der Waals surface area contributed by atoms with Crippen LogP contribution in [0.5, 0.6) is 0 Å². The molecular formula is C11H10ClFO. The predicted molar refractivity (Wildman–Crippen MR) is 53.1 cm³/mol. The second kappa shape index (κ2) is 3.70. The first kappa shape index (κ1) is 9.66. The molecule has 0 aromatic heterocycles. The molecule has 0 amide bonds. The van der Waals surface area contributed by atoms with Gasteiger partial charge in [0, 0.05) is 12.0 Å². The minimum atomic E-state index is -0.409. The zero-order valence-electron chi connectivity index (χ0n) is 7.59. The summed E-state index contributed by atoms with van der Waals surface area (Å²) in [6.07, 6.45) is 2.72. The van der Waals surface area contributed by atoms with Crippen molar-refractivity contribution in [1.29, 1.82) is 0 Å². The average Bonchev–Trinajstić information content (AvgIpc) is 2.93. The molecule has 3 heteroatoms. The molecule has 0 aliphatic heterocycles. The van der Waals surface area contributed by atoms with E-state index in [0.29, 0.717) is 22.9 Å². The van der Waals surface area contributed by atoms with E-state index < -0.39 is 5.82 Å². The van der Waals surface area contributed by atoms with E-state index in [2.05, 4.69) is 0 Å². The summed E-state index contributed by atoms with van der Waals surface area (Å²) in [5.74, 6) is 0.0485. The lowest BCUT2D eigenvalue weighted by atomic mass is 10.1. The van der Waals surface area contributed by atoms with Gasteiger partial charge in [0.1, 0.15) is 5.82 Å². The molecule has 1 aliphatic carbocycles. The lowest BCUT2D eigenvalue weighted by Crippen LogP contribution is -2.01. The Morgan fingerprint density at radius 1 is 1.50 bits per heavy atom. The third-order valence-corrected chi connectivity index (χ3v) is 2.73. The van der Waals surface area contributed by atoms with Crippen LogP contribution in [0.1, 0.15) is 29.6 Å². The van der Waals surface area contributed by atoms with Crippen LogP contribution in [0.4, 0.5) is 4.39 Å². The Morgan fingerprint density at radius 2 is 2.21 bits per heavy atom. The Morgan fingerprint density at radius 3 is 2.86 bits per heavy atom. The molecule has 1 aromatic rings. The fourth-order valence-corrected chi connectivity index (χ4v) is 1.63. The molecule has 1 nitrogen and oxygen atoms in total. The molecule has 1 aliphatic rings. The topological polar surface area (TPSA) is 17.1 Å². The van der Waals surface area contributed by atoms with E-state index in [-0.39, 0.29) is 5.78 Å². The van der Waals surface area contributed by atoms with E-state index in [0.717, 1.165) is 12.8 Å². The molecule has 0 spiro atoms. The molecule has 14 heavy (non-hydrogen) atoms. The number of carbonyl (C=O) groups excluding carboxylic acids is 1. The molecule has 0 atom stereocenters. The number of benzene rings is 1. The van der Waals surface area contributed by atoms with E-state index in [1.165, 1.54) is 18.2 Å². The maximum atomic E-state index is 12.8. The first-order valence-electron chi connectivity index (χ1n) is 4.65. The van der Waals surface area contributed by atoms with Crippen molar-refractivity contribution in [3.05, 3.63) is 34.6 Å². The molecule has 0 N–H and O–H groups in total. The lowest BCUT2D eigenvalue weighted by Gasteiger charge is -2.02. The molecule has 1 aromatic carbocycles. The Kier molecular flexibility index (Phi) is 2.55. The molecule has 1 fully saturated rings. The number of hydrogen-bond acceptors (Lipinski definition) is 1. The summed E-state index contributed by atoms with van der Waals surface area (Å²) >= 11 is 5.81. The van der Waals surface area contributed by atoms with Crippen molar-refractivity contribution in [3.8, 4) is 0 Å². The van der Waals surface area contributed by atoms with Gasteiger partial charge in [-0.15, -0.1) is 0 Å². The van der Waals surface area contributed by atoms with E-state index >= 15 is 0 Å². The number of ketones is 1. The van der Waals surface area contributed by atoms with Crippen LogP contribution in [-0.4, -0.2) is 5.78 Å². The number of hydrogen-bond donors (Lipinski definition) is 0. The second-order valence-corrected chi connectivity index (χ2v) is 4.10. The van der Waals surface area contributed by atoms with Crippen LogP contribution < -0.4 is 0 Å². The van der Waals surface area contributed by atoms with Crippen molar-refractivity contribution in [2.45, 2.75) is 19.3 Å². The number of rotatable bonds is 3. The molecule has 0 radical (unpaired) electrons. The highest BCUT2D eigenvalue weighted by Gasteiger charge is 2.25. The van der Waals surface area contributed by atoms with Crippen LogP contribution in [-0.2, 0) is 0 Å². The molecule has 1 saturated carbocycles. The highest BCUT2D eigenvalue weighted by molar-refractivity contribution is 6.33. The lowest BCUT2D eigenvalue weighted by molar-refractivity contribution is 0.0976. The fraction of sp³-hybridized carbons (Fsp3) is 0.364. The summed E-state index contributed by atoms with van der Waals surface area (Å²) in [6.45, 7) is 0. The SMILES string of the molecule is O=C(CC1CC1)c1cc(F)ccc1Cl. The third-order valence-electron chi connectivity index (χ3n) is 2.40. The third kappa shape index (κ3) is 2.13. The zero-order valence-corrected chi connectivity index (χ0v) is 8.35. The minimum absolute atomic E-state index is 0.0444. The van der Waals surface area contributed by atoms with Crippen LogP contribution in [0, 0.1) is 11.7 Å². The molecule has 0 saturated heterocycles. The van der Waals surface area contributed by atoms with Crippen LogP contribution in [0.25, 0.3) is 0 Å². The van der Waals surface area contributed by atoms with Crippen LogP contribution in [0.15, 0.2) is 18.2 Å². The van der Waals surface area contributed by atoms with Crippen molar-refractivity contribution in [1.82, 2.24) is 0 Å². The van der Waals surface area contributed by atoms with E-state index in [4.69, 9.17) is 11.6 Å². The van der Waals surface area contributed by atoms with Gasteiger partial charge in [0.25, 0.3) is 0 Å². The van der Waals surface area contributed by atoms with Gasteiger partial charge in [0.05, 0.1) is 5.02 Å². The van der Waals surface area contributed by atoms with Gasteiger partial charge >= 0.3 is 0 Å². The van der Waals surface area contributed by atoms with Crippen molar-refractivity contribution in [2.24, 2.45) is 5.92 Å². The van der Waals surface area contributed by atoms with E-state index in [1.807, 2.05) is 0 Å². The van der Waals surface area contributed by atoms with Crippen molar-refractivity contribution >= 4 is 17.4 Å². The summed E-state index contributed by atoms with van der Waals surface area (Å²) in [4.78, 5) is 11.6. The van der Waals surface area contributed by atoms with Gasteiger partial charge in [-0.2, -0.15) is 0 Å². The van der Waals surface area contributed by atoms with Gasteiger partial charge < -0.3 is 0 Å². The minimum Gasteiger partial charge on any atom is -0.294 e. The second-order valence-electron chi connectivity index (χ2n) is 3.69. The first-order chi connectivity index (χ1) is 6.66. The fourth-order valence-electron chi connectivity index (χ4n) is 1.41. The zero-order chi connectivity index (χ0) is 10.1. The predicted octanol–water partition coefficient (Wildman–Crippen LogP) is 3.46. The van der Waals surface area contributed by atoms with Crippen LogP contribution >= 0.6 is 11.6 Å². The number of carbonyl (C=O) groups is 1. The maximum absolute atomic E-state index is 12.8. The molecule has 2 rings (SSSR count). The summed E-state index contributed by atoms with van der Waals surface area (Å²) in [5, 5.41) is 0.344. The highest BCUT2D eigenvalue weighted by Crippen LogP contribution is 2.34. The van der Waals surface area contributed by atoms with Crippen LogP contribution in [0.2, 0.25) is 5.02 Å². The van der Waals surface area contributed by atoms with E-state index in [9.17, 15) is 9.18 Å². The molecule has 0 unspecified atom stereocenters. The van der Waals surface area contributed by atoms with Gasteiger partial charge in [0.2, 0.25) is 0 Å². The van der Waals surface area contributed by atoms with Gasteiger partial charge in [0.15, 0.2) is 5.78 Å². The smallest absolute Gasteiger partial charge is 0.164 e. The Hall–Kier alpha value is -0.890. The Bertz CT molecular complexity index is 372. The van der Waals surface area contributed by atoms with E-state index in [1.54, 1.807) is 0 Å². The Labute approximate surface area is 86.9 Å². The normalized spacial score (nSPS) is 15.6. The summed E-state index contributed by atoms with van der Waals surface area (Å²) in [6, 6.07) is 3.90. The quantitative estimate of drug-likeness (QED) is 0.702. The molecule has 0 heterocycles.